The second-order valence-corrected chi connectivity index (χ2v) is 4.31. The second kappa shape index (κ2) is 5.77. The SMILES string of the molecule is CCc1cc(CC)nc(NCC(C)(O)C(=O)O)n1. The molecule has 1 aromatic heterocycles. The Morgan fingerprint density at radius 2 is 1.83 bits per heavy atom. The summed E-state index contributed by atoms with van der Waals surface area (Å²) in [4.78, 5) is 19.2. The molecule has 100 valence electrons. The number of carboxylic acids is 1. The predicted molar refractivity (Wildman–Crippen MR) is 67.5 cm³/mol. The predicted octanol–water partition coefficient (Wildman–Crippen LogP) is 0.849. The standard InChI is InChI=1S/C12H19N3O3/c1-4-8-6-9(5-2)15-11(14-8)13-7-12(3,18)10(16)17/h6,18H,4-5,7H2,1-3H3,(H,16,17)(H,13,14,15). The molecule has 0 saturated heterocycles. The molecule has 0 radical (unpaired) electrons. The summed E-state index contributed by atoms with van der Waals surface area (Å²) in [6, 6.07) is 1.92. The number of aryl methyl sites for hydroxylation is 2. The van der Waals surface area contributed by atoms with Crippen LogP contribution in [-0.2, 0) is 17.6 Å². The number of aromatic nitrogens is 2. The normalized spacial score (nSPS) is 14.0. The fourth-order valence-corrected chi connectivity index (χ4v) is 1.32. The van der Waals surface area contributed by atoms with E-state index >= 15 is 0 Å². The van der Waals surface area contributed by atoms with Crippen molar-refractivity contribution in [2.75, 3.05) is 11.9 Å². The molecular formula is C12H19N3O3. The van der Waals surface area contributed by atoms with Crippen molar-refractivity contribution in [1.82, 2.24) is 9.97 Å². The average Bonchev–Trinajstić information content (AvgIpc) is 2.35. The van der Waals surface area contributed by atoms with Crippen molar-refractivity contribution in [2.24, 2.45) is 0 Å². The van der Waals surface area contributed by atoms with Gasteiger partial charge in [0.15, 0.2) is 5.60 Å². The maximum absolute atomic E-state index is 10.8. The zero-order valence-corrected chi connectivity index (χ0v) is 10.9. The summed E-state index contributed by atoms with van der Waals surface area (Å²) >= 11 is 0. The number of carboxylic acid groups (broad SMARTS) is 1. The molecule has 0 aromatic carbocycles. The van der Waals surface area contributed by atoms with Crippen molar-refractivity contribution in [3.8, 4) is 0 Å². The van der Waals surface area contributed by atoms with Gasteiger partial charge in [-0.05, 0) is 25.8 Å². The average molecular weight is 253 g/mol. The Kier molecular flexibility index (Phi) is 4.61. The Bertz CT molecular complexity index is 410. The van der Waals surface area contributed by atoms with Crippen LogP contribution in [0.3, 0.4) is 0 Å². The molecule has 1 heterocycles. The van der Waals surface area contributed by atoms with E-state index in [1.165, 1.54) is 6.92 Å². The fourth-order valence-electron chi connectivity index (χ4n) is 1.32. The van der Waals surface area contributed by atoms with E-state index in [1.807, 2.05) is 19.9 Å². The number of nitrogens with one attached hydrogen (secondary N) is 1. The Morgan fingerprint density at radius 3 is 2.22 bits per heavy atom. The topological polar surface area (TPSA) is 95.3 Å². The lowest BCUT2D eigenvalue weighted by molar-refractivity contribution is -0.155. The molecule has 0 saturated carbocycles. The van der Waals surface area contributed by atoms with Gasteiger partial charge in [0, 0.05) is 11.4 Å². The molecule has 0 aliphatic carbocycles. The quantitative estimate of drug-likeness (QED) is 0.695. The zero-order valence-electron chi connectivity index (χ0n) is 10.9. The number of anilines is 1. The summed E-state index contributed by atoms with van der Waals surface area (Å²) in [5.41, 5.74) is -0.0588. The molecule has 0 amide bonds. The molecule has 6 heteroatoms. The van der Waals surface area contributed by atoms with Gasteiger partial charge in [0.1, 0.15) is 0 Å². The lowest BCUT2D eigenvalue weighted by Crippen LogP contribution is -2.42. The van der Waals surface area contributed by atoms with Crippen LogP contribution < -0.4 is 5.32 Å². The minimum atomic E-state index is -1.84. The van der Waals surface area contributed by atoms with Crippen LogP contribution in [0.2, 0.25) is 0 Å². The maximum atomic E-state index is 10.8. The number of nitrogens with zero attached hydrogens (tertiary/aromatic N) is 2. The van der Waals surface area contributed by atoms with Crippen molar-refractivity contribution in [3.63, 3.8) is 0 Å². The minimum absolute atomic E-state index is 0.140. The first kappa shape index (κ1) is 14.4. The molecule has 0 bridgehead atoms. The van der Waals surface area contributed by atoms with Crippen LogP contribution in [0.5, 0.6) is 0 Å². The monoisotopic (exact) mass is 253 g/mol. The van der Waals surface area contributed by atoms with E-state index in [0.717, 1.165) is 24.2 Å². The lowest BCUT2D eigenvalue weighted by atomic mass is 10.1. The van der Waals surface area contributed by atoms with Crippen molar-refractivity contribution >= 4 is 11.9 Å². The van der Waals surface area contributed by atoms with E-state index in [9.17, 15) is 9.90 Å². The van der Waals surface area contributed by atoms with Gasteiger partial charge >= 0.3 is 5.97 Å². The highest BCUT2D eigenvalue weighted by molar-refractivity contribution is 5.77. The second-order valence-electron chi connectivity index (χ2n) is 4.31. The summed E-state index contributed by atoms with van der Waals surface area (Å²) in [5, 5.41) is 21.1. The van der Waals surface area contributed by atoms with Crippen LogP contribution in [-0.4, -0.2) is 38.3 Å². The summed E-state index contributed by atoms with van der Waals surface area (Å²) in [6.45, 7) is 5.06. The van der Waals surface area contributed by atoms with E-state index in [0.29, 0.717) is 5.95 Å². The Balaban J connectivity index is 2.81. The Labute approximate surface area is 106 Å². The smallest absolute Gasteiger partial charge is 0.337 e. The highest BCUT2D eigenvalue weighted by Crippen LogP contribution is 2.09. The van der Waals surface area contributed by atoms with Gasteiger partial charge in [-0.15, -0.1) is 0 Å². The highest BCUT2D eigenvalue weighted by atomic mass is 16.4. The molecule has 0 aliphatic heterocycles. The first-order valence-corrected chi connectivity index (χ1v) is 5.95. The van der Waals surface area contributed by atoms with E-state index in [4.69, 9.17) is 5.11 Å². The number of aliphatic carboxylic acids is 1. The van der Waals surface area contributed by atoms with Gasteiger partial charge in [-0.1, -0.05) is 13.8 Å². The summed E-state index contributed by atoms with van der Waals surface area (Å²) in [6.07, 6.45) is 1.55. The van der Waals surface area contributed by atoms with Crippen molar-refractivity contribution in [1.29, 1.82) is 0 Å². The third-order valence-corrected chi connectivity index (χ3v) is 2.61. The van der Waals surface area contributed by atoms with Gasteiger partial charge < -0.3 is 15.5 Å². The molecule has 1 unspecified atom stereocenters. The zero-order chi connectivity index (χ0) is 13.8. The summed E-state index contributed by atoms with van der Waals surface area (Å²) in [5.74, 6) is -0.926. The van der Waals surface area contributed by atoms with Gasteiger partial charge in [0.05, 0.1) is 6.54 Å². The van der Waals surface area contributed by atoms with E-state index in [1.54, 1.807) is 0 Å². The third-order valence-electron chi connectivity index (χ3n) is 2.61. The molecular weight excluding hydrogens is 234 g/mol. The molecule has 0 spiro atoms. The first-order chi connectivity index (χ1) is 8.39. The van der Waals surface area contributed by atoms with Gasteiger partial charge in [0.2, 0.25) is 5.95 Å². The summed E-state index contributed by atoms with van der Waals surface area (Å²) in [7, 11) is 0. The summed E-state index contributed by atoms with van der Waals surface area (Å²) < 4.78 is 0. The molecule has 18 heavy (non-hydrogen) atoms. The minimum Gasteiger partial charge on any atom is -0.479 e. The first-order valence-electron chi connectivity index (χ1n) is 5.95. The number of rotatable bonds is 6. The van der Waals surface area contributed by atoms with Crippen LogP contribution in [0, 0.1) is 0 Å². The van der Waals surface area contributed by atoms with Crippen LogP contribution >= 0.6 is 0 Å². The van der Waals surface area contributed by atoms with Gasteiger partial charge in [0.25, 0.3) is 0 Å². The van der Waals surface area contributed by atoms with Crippen LogP contribution in [0.15, 0.2) is 6.07 Å². The molecule has 0 aliphatic rings. The van der Waals surface area contributed by atoms with Crippen molar-refractivity contribution in [3.05, 3.63) is 17.5 Å². The van der Waals surface area contributed by atoms with Crippen molar-refractivity contribution in [2.45, 2.75) is 39.2 Å². The number of hydrogen-bond acceptors (Lipinski definition) is 5. The molecule has 3 N–H and O–H groups in total. The van der Waals surface area contributed by atoms with Crippen LogP contribution in [0.4, 0.5) is 5.95 Å². The van der Waals surface area contributed by atoms with Gasteiger partial charge in [-0.2, -0.15) is 0 Å². The Hall–Kier alpha value is -1.69. The maximum Gasteiger partial charge on any atom is 0.337 e. The number of aliphatic hydroxyl groups is 1. The Morgan fingerprint density at radius 1 is 1.33 bits per heavy atom. The van der Waals surface area contributed by atoms with E-state index in [-0.39, 0.29) is 6.54 Å². The number of carbonyl (C=O) groups is 1. The molecule has 1 aromatic rings. The molecule has 0 fully saturated rings. The van der Waals surface area contributed by atoms with Crippen molar-refractivity contribution < 1.29 is 15.0 Å². The van der Waals surface area contributed by atoms with E-state index < -0.39 is 11.6 Å². The highest BCUT2D eigenvalue weighted by Gasteiger charge is 2.29. The lowest BCUT2D eigenvalue weighted by Gasteiger charge is -2.18. The van der Waals surface area contributed by atoms with Crippen LogP contribution in [0.1, 0.15) is 32.2 Å². The number of hydrogen-bond donors (Lipinski definition) is 3. The fraction of sp³-hybridized carbons (Fsp3) is 0.583. The van der Waals surface area contributed by atoms with Crippen LogP contribution in [0.25, 0.3) is 0 Å². The molecule has 6 nitrogen and oxygen atoms in total. The molecule has 1 rings (SSSR count). The largest absolute Gasteiger partial charge is 0.479 e. The van der Waals surface area contributed by atoms with Gasteiger partial charge in [-0.25, -0.2) is 14.8 Å². The third kappa shape index (κ3) is 3.66. The molecule has 1 atom stereocenters. The van der Waals surface area contributed by atoms with E-state index in [2.05, 4.69) is 15.3 Å². The van der Waals surface area contributed by atoms with Gasteiger partial charge in [-0.3, -0.25) is 0 Å².